The SMILES string of the molecule is NCC1CCC(C(=O)NCC2(CC(=O)O)CCC2)O1. The minimum absolute atomic E-state index is 0.0209. The zero-order chi connectivity index (χ0) is 13.9. The van der Waals surface area contributed by atoms with Crippen molar-refractivity contribution >= 4 is 11.9 Å². The maximum Gasteiger partial charge on any atom is 0.303 e. The van der Waals surface area contributed by atoms with Crippen LogP contribution in [0.15, 0.2) is 0 Å². The molecule has 2 fully saturated rings. The molecule has 0 aromatic rings. The van der Waals surface area contributed by atoms with E-state index in [2.05, 4.69) is 5.32 Å². The molecular weight excluding hydrogens is 248 g/mol. The first kappa shape index (κ1) is 14.3. The Kier molecular flexibility index (Phi) is 4.42. The van der Waals surface area contributed by atoms with Crippen molar-refractivity contribution in [2.24, 2.45) is 11.1 Å². The van der Waals surface area contributed by atoms with E-state index in [-0.39, 0.29) is 23.8 Å². The molecule has 2 aliphatic rings. The highest BCUT2D eigenvalue weighted by Gasteiger charge is 2.40. The molecule has 1 amide bonds. The Morgan fingerprint density at radius 3 is 2.58 bits per heavy atom. The van der Waals surface area contributed by atoms with Crippen molar-refractivity contribution in [3.63, 3.8) is 0 Å². The number of nitrogens with one attached hydrogen (secondary N) is 1. The number of carbonyl (C=O) groups excluding carboxylic acids is 1. The lowest BCUT2D eigenvalue weighted by Crippen LogP contribution is -2.46. The molecule has 6 heteroatoms. The lowest BCUT2D eigenvalue weighted by Gasteiger charge is -2.41. The quantitative estimate of drug-likeness (QED) is 0.642. The number of carbonyl (C=O) groups is 2. The van der Waals surface area contributed by atoms with Crippen LogP contribution in [0.4, 0.5) is 0 Å². The molecule has 1 saturated carbocycles. The molecule has 0 spiro atoms. The van der Waals surface area contributed by atoms with Gasteiger partial charge in [0, 0.05) is 13.1 Å². The Morgan fingerprint density at radius 1 is 1.37 bits per heavy atom. The first-order valence-corrected chi connectivity index (χ1v) is 6.90. The molecule has 2 rings (SSSR count). The zero-order valence-electron chi connectivity index (χ0n) is 11.1. The number of hydrogen-bond donors (Lipinski definition) is 3. The van der Waals surface area contributed by atoms with E-state index in [1.165, 1.54) is 0 Å². The van der Waals surface area contributed by atoms with Gasteiger partial charge in [-0.3, -0.25) is 9.59 Å². The summed E-state index contributed by atoms with van der Waals surface area (Å²) in [6, 6.07) is 0. The van der Waals surface area contributed by atoms with Crippen LogP contribution < -0.4 is 11.1 Å². The predicted molar refractivity (Wildman–Crippen MR) is 68.5 cm³/mol. The standard InChI is InChI=1S/C13H22N2O4/c14-7-9-2-3-10(19-9)12(18)15-8-13(4-1-5-13)6-11(16)17/h9-10H,1-8,14H2,(H,15,18)(H,16,17). The van der Waals surface area contributed by atoms with Gasteiger partial charge in [0.2, 0.25) is 5.91 Å². The Morgan fingerprint density at radius 2 is 2.11 bits per heavy atom. The van der Waals surface area contributed by atoms with Gasteiger partial charge in [-0.15, -0.1) is 0 Å². The third-order valence-electron chi connectivity index (χ3n) is 4.24. The Balaban J connectivity index is 1.78. The van der Waals surface area contributed by atoms with Crippen molar-refractivity contribution in [2.75, 3.05) is 13.1 Å². The summed E-state index contributed by atoms with van der Waals surface area (Å²) in [5.74, 6) is -0.929. The molecule has 1 saturated heterocycles. The summed E-state index contributed by atoms with van der Waals surface area (Å²) in [5, 5.41) is 11.8. The highest BCUT2D eigenvalue weighted by molar-refractivity contribution is 5.81. The number of carboxylic acid groups (broad SMARTS) is 1. The van der Waals surface area contributed by atoms with Crippen LogP contribution in [0.3, 0.4) is 0 Å². The van der Waals surface area contributed by atoms with E-state index in [9.17, 15) is 9.59 Å². The molecular formula is C13H22N2O4. The molecule has 2 atom stereocenters. The van der Waals surface area contributed by atoms with Crippen LogP contribution in [-0.2, 0) is 14.3 Å². The second kappa shape index (κ2) is 5.88. The van der Waals surface area contributed by atoms with Crippen LogP contribution in [0.2, 0.25) is 0 Å². The fourth-order valence-electron chi connectivity index (χ4n) is 2.87. The largest absolute Gasteiger partial charge is 0.481 e. The van der Waals surface area contributed by atoms with Crippen molar-refractivity contribution in [3.8, 4) is 0 Å². The molecule has 2 unspecified atom stereocenters. The number of hydrogen-bond acceptors (Lipinski definition) is 4. The molecule has 0 radical (unpaired) electrons. The summed E-state index contributed by atoms with van der Waals surface area (Å²) in [6.07, 6.45) is 3.98. The van der Waals surface area contributed by atoms with Gasteiger partial charge in [0.05, 0.1) is 12.5 Å². The predicted octanol–water partition coefficient (Wildman–Crippen LogP) is 0.254. The van der Waals surface area contributed by atoms with E-state index in [1.807, 2.05) is 0 Å². The summed E-state index contributed by atoms with van der Waals surface area (Å²) in [7, 11) is 0. The third kappa shape index (κ3) is 3.45. The van der Waals surface area contributed by atoms with Gasteiger partial charge in [-0.25, -0.2) is 0 Å². The average Bonchev–Trinajstić information content (AvgIpc) is 2.80. The second-order valence-corrected chi connectivity index (χ2v) is 5.70. The molecule has 108 valence electrons. The van der Waals surface area contributed by atoms with Gasteiger partial charge in [0.25, 0.3) is 0 Å². The Bertz CT molecular complexity index is 355. The lowest BCUT2D eigenvalue weighted by atomic mass is 9.66. The van der Waals surface area contributed by atoms with Crippen molar-refractivity contribution in [1.82, 2.24) is 5.32 Å². The molecule has 0 bridgehead atoms. The fourth-order valence-corrected chi connectivity index (χ4v) is 2.87. The number of ether oxygens (including phenoxy) is 1. The van der Waals surface area contributed by atoms with Crippen molar-refractivity contribution in [3.05, 3.63) is 0 Å². The van der Waals surface area contributed by atoms with Crippen LogP contribution >= 0.6 is 0 Å². The molecule has 1 aliphatic carbocycles. The van der Waals surface area contributed by atoms with Crippen LogP contribution in [0.5, 0.6) is 0 Å². The van der Waals surface area contributed by atoms with E-state index in [0.717, 1.165) is 25.7 Å². The minimum Gasteiger partial charge on any atom is -0.481 e. The summed E-state index contributed by atoms with van der Waals surface area (Å²) < 4.78 is 5.52. The lowest BCUT2D eigenvalue weighted by molar-refractivity contribution is -0.142. The number of amides is 1. The first-order valence-electron chi connectivity index (χ1n) is 6.90. The third-order valence-corrected chi connectivity index (χ3v) is 4.24. The normalized spacial score (nSPS) is 28.7. The number of rotatable bonds is 6. The number of aliphatic carboxylic acids is 1. The highest BCUT2D eigenvalue weighted by atomic mass is 16.5. The van der Waals surface area contributed by atoms with E-state index >= 15 is 0 Å². The van der Waals surface area contributed by atoms with Gasteiger partial charge < -0.3 is 20.9 Å². The van der Waals surface area contributed by atoms with Gasteiger partial charge in [-0.2, -0.15) is 0 Å². The second-order valence-electron chi connectivity index (χ2n) is 5.70. The van der Waals surface area contributed by atoms with Gasteiger partial charge in [-0.1, -0.05) is 6.42 Å². The molecule has 4 N–H and O–H groups in total. The fraction of sp³-hybridized carbons (Fsp3) is 0.846. The Hall–Kier alpha value is -1.14. The van der Waals surface area contributed by atoms with Crippen molar-refractivity contribution in [1.29, 1.82) is 0 Å². The maximum atomic E-state index is 12.0. The maximum absolute atomic E-state index is 12.0. The molecule has 0 aromatic carbocycles. The summed E-state index contributed by atoms with van der Waals surface area (Å²) in [4.78, 5) is 22.8. The summed E-state index contributed by atoms with van der Waals surface area (Å²) in [6.45, 7) is 0.873. The van der Waals surface area contributed by atoms with Gasteiger partial charge in [0.1, 0.15) is 6.10 Å². The van der Waals surface area contributed by atoms with E-state index in [1.54, 1.807) is 0 Å². The summed E-state index contributed by atoms with van der Waals surface area (Å²) >= 11 is 0. The molecule has 19 heavy (non-hydrogen) atoms. The van der Waals surface area contributed by atoms with Gasteiger partial charge in [-0.05, 0) is 31.1 Å². The smallest absolute Gasteiger partial charge is 0.303 e. The summed E-state index contributed by atoms with van der Waals surface area (Å²) in [5.41, 5.74) is 5.26. The van der Waals surface area contributed by atoms with E-state index in [0.29, 0.717) is 19.5 Å². The average molecular weight is 270 g/mol. The topological polar surface area (TPSA) is 102 Å². The van der Waals surface area contributed by atoms with Crippen molar-refractivity contribution in [2.45, 2.75) is 50.7 Å². The highest BCUT2D eigenvalue weighted by Crippen LogP contribution is 2.43. The van der Waals surface area contributed by atoms with Crippen LogP contribution in [-0.4, -0.2) is 42.3 Å². The first-order chi connectivity index (χ1) is 9.04. The van der Waals surface area contributed by atoms with Gasteiger partial charge >= 0.3 is 5.97 Å². The van der Waals surface area contributed by atoms with Crippen LogP contribution in [0.1, 0.15) is 38.5 Å². The monoisotopic (exact) mass is 270 g/mol. The van der Waals surface area contributed by atoms with Crippen LogP contribution in [0.25, 0.3) is 0 Å². The Labute approximate surface area is 112 Å². The van der Waals surface area contributed by atoms with Crippen molar-refractivity contribution < 1.29 is 19.4 Å². The minimum atomic E-state index is -0.797. The van der Waals surface area contributed by atoms with Gasteiger partial charge in [0.15, 0.2) is 0 Å². The molecule has 6 nitrogen and oxygen atoms in total. The molecule has 0 aromatic heterocycles. The van der Waals surface area contributed by atoms with E-state index < -0.39 is 12.1 Å². The molecule has 1 aliphatic heterocycles. The number of carboxylic acids is 1. The molecule has 1 heterocycles. The zero-order valence-corrected chi connectivity index (χ0v) is 11.1. The van der Waals surface area contributed by atoms with E-state index in [4.69, 9.17) is 15.6 Å². The van der Waals surface area contributed by atoms with Crippen LogP contribution in [0, 0.1) is 5.41 Å². The number of nitrogens with two attached hydrogens (primary N) is 1.